The van der Waals surface area contributed by atoms with Crippen LogP contribution >= 0.6 is 11.6 Å². The molecule has 0 spiro atoms. The predicted octanol–water partition coefficient (Wildman–Crippen LogP) is 5.11. The van der Waals surface area contributed by atoms with Crippen molar-refractivity contribution in [3.8, 4) is 0 Å². The van der Waals surface area contributed by atoms with E-state index in [0.29, 0.717) is 17.1 Å². The van der Waals surface area contributed by atoms with Crippen molar-refractivity contribution in [3.63, 3.8) is 0 Å². The first-order valence-corrected chi connectivity index (χ1v) is 15.3. The van der Waals surface area contributed by atoms with Gasteiger partial charge >= 0.3 is 0 Å². The van der Waals surface area contributed by atoms with E-state index in [-0.39, 0.29) is 24.6 Å². The van der Waals surface area contributed by atoms with Gasteiger partial charge in [-0.15, -0.1) is 0 Å². The molecule has 3 aromatic carbocycles. The van der Waals surface area contributed by atoms with Crippen molar-refractivity contribution in [1.29, 1.82) is 0 Å². The summed E-state index contributed by atoms with van der Waals surface area (Å²) in [5, 5.41) is 3.28. The molecule has 0 aliphatic heterocycles. The van der Waals surface area contributed by atoms with E-state index in [1.54, 1.807) is 19.1 Å². The van der Waals surface area contributed by atoms with Crippen molar-refractivity contribution in [3.05, 3.63) is 100 Å². The quantitative estimate of drug-likeness (QED) is 0.282. The zero-order valence-electron chi connectivity index (χ0n) is 22.9. The van der Waals surface area contributed by atoms with Crippen molar-refractivity contribution in [1.82, 2.24) is 10.2 Å². The summed E-state index contributed by atoms with van der Waals surface area (Å²) in [4.78, 5) is 28.9. The van der Waals surface area contributed by atoms with Gasteiger partial charge in [-0.05, 0) is 54.3 Å². The molecule has 40 heavy (non-hydrogen) atoms. The molecule has 1 N–H and O–H groups in total. The summed E-state index contributed by atoms with van der Waals surface area (Å²) in [6.45, 7) is 3.67. The Bertz CT molecular complexity index is 1400. The second-order valence-electron chi connectivity index (χ2n) is 9.70. The van der Waals surface area contributed by atoms with Gasteiger partial charge < -0.3 is 10.2 Å². The van der Waals surface area contributed by atoms with E-state index in [2.05, 4.69) is 5.32 Å². The minimum atomic E-state index is -3.90. The van der Waals surface area contributed by atoms with Crippen LogP contribution in [0.3, 0.4) is 0 Å². The van der Waals surface area contributed by atoms with E-state index in [9.17, 15) is 22.4 Å². The number of anilines is 1. The van der Waals surface area contributed by atoms with Crippen LogP contribution in [0.1, 0.15) is 36.5 Å². The largest absolute Gasteiger partial charge is 0.354 e. The number of nitrogens with zero attached hydrogens (tertiary/aromatic N) is 2. The third kappa shape index (κ3) is 8.79. The van der Waals surface area contributed by atoms with Gasteiger partial charge in [0.25, 0.3) is 0 Å². The third-order valence-electron chi connectivity index (χ3n) is 6.49. The molecule has 10 heteroatoms. The molecule has 0 heterocycles. The average molecular weight is 588 g/mol. The standard InChI is InChI=1S/C30H35ClFN3O4S/c1-4-5-17-33-30(37)28(18-23-9-7-6-8-10-23)34(20-24-12-14-25(32)15-13-24)29(36)21-35(40(3,38)39)26-16-11-22(2)27(31)19-26/h6-16,19,28H,4-5,17-18,20-21H2,1-3H3,(H,33,37)/t28-/m1/s1. The van der Waals surface area contributed by atoms with Crippen molar-refractivity contribution in [2.45, 2.75) is 45.7 Å². The number of hydrogen-bond acceptors (Lipinski definition) is 4. The lowest BCUT2D eigenvalue weighted by molar-refractivity contribution is -0.140. The Balaban J connectivity index is 2.03. The van der Waals surface area contributed by atoms with Gasteiger partial charge in [0.2, 0.25) is 21.8 Å². The van der Waals surface area contributed by atoms with Crippen molar-refractivity contribution < 1.29 is 22.4 Å². The molecule has 0 aliphatic carbocycles. The Morgan fingerprint density at radius 1 is 1.00 bits per heavy atom. The Morgan fingerprint density at radius 3 is 2.27 bits per heavy atom. The first-order chi connectivity index (χ1) is 19.0. The summed E-state index contributed by atoms with van der Waals surface area (Å²) < 4.78 is 40.3. The van der Waals surface area contributed by atoms with Crippen LogP contribution in [-0.2, 0) is 32.6 Å². The van der Waals surface area contributed by atoms with Crippen molar-refractivity contribution >= 4 is 39.1 Å². The molecule has 2 amide bonds. The Morgan fingerprint density at radius 2 is 1.68 bits per heavy atom. The zero-order chi connectivity index (χ0) is 29.3. The van der Waals surface area contributed by atoms with Gasteiger partial charge in [0, 0.05) is 24.5 Å². The summed E-state index contributed by atoms with van der Waals surface area (Å²) in [5.74, 6) is -1.37. The molecule has 0 radical (unpaired) electrons. The molecule has 3 rings (SSSR count). The van der Waals surface area contributed by atoms with E-state index in [4.69, 9.17) is 11.6 Å². The molecule has 7 nitrogen and oxygen atoms in total. The first kappa shape index (κ1) is 31.1. The van der Waals surface area contributed by atoms with Crippen molar-refractivity contribution in [2.24, 2.45) is 0 Å². The van der Waals surface area contributed by atoms with E-state index in [1.165, 1.54) is 35.2 Å². The minimum absolute atomic E-state index is 0.0237. The second-order valence-corrected chi connectivity index (χ2v) is 12.0. The fraction of sp³-hybridized carbons (Fsp3) is 0.333. The molecule has 0 bridgehead atoms. The molecule has 0 fully saturated rings. The van der Waals surface area contributed by atoms with Gasteiger partial charge in [-0.25, -0.2) is 12.8 Å². The van der Waals surface area contributed by atoms with E-state index >= 15 is 0 Å². The number of hydrogen-bond donors (Lipinski definition) is 1. The maximum Gasteiger partial charge on any atom is 0.244 e. The zero-order valence-corrected chi connectivity index (χ0v) is 24.5. The van der Waals surface area contributed by atoms with Crippen LogP contribution < -0.4 is 9.62 Å². The lowest BCUT2D eigenvalue weighted by Crippen LogP contribution is -2.53. The molecule has 214 valence electrons. The SMILES string of the molecule is CCCCNC(=O)[C@@H](Cc1ccccc1)N(Cc1ccc(F)cc1)C(=O)CN(c1ccc(C)c(Cl)c1)S(C)(=O)=O. The number of nitrogens with one attached hydrogen (secondary N) is 1. The van der Waals surface area contributed by atoms with Crippen molar-refractivity contribution in [2.75, 3.05) is 23.7 Å². The summed E-state index contributed by atoms with van der Waals surface area (Å²) >= 11 is 6.27. The molecular formula is C30H35ClFN3O4S. The Labute approximate surface area is 241 Å². The van der Waals surface area contributed by atoms with Gasteiger partial charge in [0.15, 0.2) is 0 Å². The van der Waals surface area contributed by atoms with Gasteiger partial charge in [-0.1, -0.05) is 73.5 Å². The topological polar surface area (TPSA) is 86.8 Å². The smallest absolute Gasteiger partial charge is 0.244 e. The second kappa shape index (κ2) is 14.3. The number of rotatable bonds is 13. The summed E-state index contributed by atoms with van der Waals surface area (Å²) in [7, 11) is -3.90. The van der Waals surface area contributed by atoms with Gasteiger partial charge in [-0.2, -0.15) is 0 Å². The minimum Gasteiger partial charge on any atom is -0.354 e. The molecule has 0 saturated carbocycles. The number of carbonyl (C=O) groups excluding carboxylic acids is 2. The summed E-state index contributed by atoms with van der Waals surface area (Å²) in [6.07, 6.45) is 2.87. The maximum atomic E-state index is 14.0. The molecule has 3 aromatic rings. The highest BCUT2D eigenvalue weighted by Gasteiger charge is 2.33. The highest BCUT2D eigenvalue weighted by Crippen LogP contribution is 2.25. The van der Waals surface area contributed by atoms with Crippen LogP contribution in [0.25, 0.3) is 0 Å². The van der Waals surface area contributed by atoms with Crippen LogP contribution in [0.5, 0.6) is 0 Å². The molecule has 1 atom stereocenters. The molecular weight excluding hydrogens is 553 g/mol. The normalized spacial score (nSPS) is 12.0. The highest BCUT2D eigenvalue weighted by molar-refractivity contribution is 7.92. The number of sulfonamides is 1. The summed E-state index contributed by atoms with van der Waals surface area (Å²) in [6, 6.07) is 18.7. The first-order valence-electron chi connectivity index (χ1n) is 13.1. The van der Waals surface area contributed by atoms with Crippen LogP contribution in [0.4, 0.5) is 10.1 Å². The van der Waals surface area contributed by atoms with Crippen LogP contribution in [0, 0.1) is 12.7 Å². The van der Waals surface area contributed by atoms with Crippen LogP contribution in [0.2, 0.25) is 5.02 Å². The van der Waals surface area contributed by atoms with Gasteiger partial charge in [0.1, 0.15) is 18.4 Å². The number of unbranched alkanes of at least 4 members (excludes halogenated alkanes) is 1. The number of aryl methyl sites for hydroxylation is 1. The molecule has 0 saturated heterocycles. The van der Waals surface area contributed by atoms with Crippen LogP contribution in [-0.4, -0.2) is 50.5 Å². The fourth-order valence-electron chi connectivity index (χ4n) is 4.20. The molecule has 0 aromatic heterocycles. The van der Waals surface area contributed by atoms with E-state index in [0.717, 1.165) is 34.5 Å². The summed E-state index contributed by atoms with van der Waals surface area (Å²) in [5.41, 5.74) is 2.42. The van der Waals surface area contributed by atoms with E-state index in [1.807, 2.05) is 37.3 Å². The maximum absolute atomic E-state index is 14.0. The molecule has 0 aliphatic rings. The average Bonchev–Trinajstić information content (AvgIpc) is 2.92. The lowest BCUT2D eigenvalue weighted by Gasteiger charge is -2.33. The van der Waals surface area contributed by atoms with Crippen LogP contribution in [0.15, 0.2) is 72.8 Å². The molecule has 0 unspecified atom stereocenters. The van der Waals surface area contributed by atoms with Gasteiger partial charge in [0.05, 0.1) is 11.9 Å². The Hall–Kier alpha value is -3.43. The lowest BCUT2D eigenvalue weighted by atomic mass is 10.0. The fourth-order valence-corrected chi connectivity index (χ4v) is 5.21. The highest BCUT2D eigenvalue weighted by atomic mass is 35.5. The number of carbonyl (C=O) groups is 2. The van der Waals surface area contributed by atoms with E-state index < -0.39 is 34.3 Å². The Kier molecular flexibility index (Phi) is 11.1. The number of benzene rings is 3. The predicted molar refractivity (Wildman–Crippen MR) is 157 cm³/mol. The van der Waals surface area contributed by atoms with Gasteiger partial charge in [-0.3, -0.25) is 13.9 Å². The monoisotopic (exact) mass is 587 g/mol. The number of amides is 2. The third-order valence-corrected chi connectivity index (χ3v) is 8.04. The number of halogens is 2.